The molecule has 0 amide bonds. The van der Waals surface area contributed by atoms with Crippen molar-refractivity contribution in [3.8, 4) is 0 Å². The van der Waals surface area contributed by atoms with Gasteiger partial charge >= 0.3 is 0 Å². The molecule has 0 fully saturated rings. The molecule has 0 heterocycles. The van der Waals surface area contributed by atoms with E-state index in [1.807, 2.05) is 37.3 Å². The van der Waals surface area contributed by atoms with Crippen LogP contribution in [0.2, 0.25) is 0 Å². The first kappa shape index (κ1) is 13.6. The number of aryl methyl sites for hydroxylation is 2. The Kier molecular flexibility index (Phi) is 3.91. The molecule has 0 aliphatic carbocycles. The van der Waals surface area contributed by atoms with Gasteiger partial charge in [0.15, 0.2) is 0 Å². The molecule has 2 aromatic rings. The Morgan fingerprint density at radius 3 is 2.37 bits per heavy atom. The predicted molar refractivity (Wildman–Crippen MR) is 80.4 cm³/mol. The van der Waals surface area contributed by atoms with Crippen LogP contribution in [0.1, 0.15) is 23.6 Å². The van der Waals surface area contributed by atoms with Crippen LogP contribution in [-0.2, 0) is 5.54 Å². The zero-order chi connectivity index (χ0) is 13.9. The van der Waals surface area contributed by atoms with Gasteiger partial charge in [-0.25, -0.2) is 0 Å². The van der Waals surface area contributed by atoms with E-state index in [0.29, 0.717) is 0 Å². The van der Waals surface area contributed by atoms with Crippen molar-refractivity contribution in [2.45, 2.75) is 26.3 Å². The van der Waals surface area contributed by atoms with Crippen LogP contribution < -0.4 is 5.32 Å². The Balaban J connectivity index is 2.39. The lowest BCUT2D eigenvalue weighted by Gasteiger charge is -2.32. The van der Waals surface area contributed by atoms with Crippen LogP contribution in [0.5, 0.6) is 0 Å². The van der Waals surface area contributed by atoms with Crippen molar-refractivity contribution in [1.29, 1.82) is 0 Å². The number of anilines is 1. The van der Waals surface area contributed by atoms with Crippen molar-refractivity contribution < 1.29 is 5.11 Å². The maximum atomic E-state index is 9.85. The van der Waals surface area contributed by atoms with Gasteiger partial charge in [-0.05, 0) is 44.0 Å². The first-order chi connectivity index (χ1) is 9.05. The fourth-order valence-electron chi connectivity index (χ4n) is 2.36. The van der Waals surface area contributed by atoms with E-state index in [1.54, 1.807) is 0 Å². The topological polar surface area (TPSA) is 32.3 Å². The van der Waals surface area contributed by atoms with Crippen LogP contribution in [0.25, 0.3) is 0 Å². The lowest BCUT2D eigenvalue weighted by Crippen LogP contribution is -2.36. The molecule has 0 aliphatic rings. The minimum absolute atomic E-state index is 0.0478. The second kappa shape index (κ2) is 5.45. The van der Waals surface area contributed by atoms with E-state index in [9.17, 15) is 5.11 Å². The molecule has 100 valence electrons. The molecule has 2 nitrogen and oxygen atoms in total. The first-order valence-electron chi connectivity index (χ1n) is 6.57. The number of hydrogen-bond donors (Lipinski definition) is 2. The second-order valence-electron chi connectivity index (χ2n) is 5.30. The fraction of sp³-hybridized carbons (Fsp3) is 0.294. The molecular formula is C17H21NO. The third kappa shape index (κ3) is 2.96. The minimum atomic E-state index is -0.475. The summed E-state index contributed by atoms with van der Waals surface area (Å²) in [6.45, 7) is 6.23. The quantitative estimate of drug-likeness (QED) is 0.874. The van der Waals surface area contributed by atoms with Crippen LogP contribution in [0.15, 0.2) is 48.5 Å². The van der Waals surface area contributed by atoms with E-state index in [1.165, 1.54) is 11.1 Å². The number of benzene rings is 2. The van der Waals surface area contributed by atoms with Gasteiger partial charge in [0, 0.05) is 5.69 Å². The summed E-state index contributed by atoms with van der Waals surface area (Å²) in [5.74, 6) is 0. The monoisotopic (exact) mass is 255 g/mol. The normalized spacial score (nSPS) is 13.9. The Bertz CT molecular complexity index is 550. The van der Waals surface area contributed by atoms with Gasteiger partial charge in [-0.2, -0.15) is 0 Å². The molecule has 0 bridgehead atoms. The van der Waals surface area contributed by atoms with Gasteiger partial charge < -0.3 is 10.4 Å². The van der Waals surface area contributed by atoms with E-state index in [4.69, 9.17) is 0 Å². The molecule has 2 aromatic carbocycles. The first-order valence-corrected chi connectivity index (χ1v) is 6.57. The highest BCUT2D eigenvalue weighted by Gasteiger charge is 2.27. The molecule has 19 heavy (non-hydrogen) atoms. The molecule has 2 N–H and O–H groups in total. The minimum Gasteiger partial charge on any atom is -0.394 e. The Morgan fingerprint density at radius 1 is 1.05 bits per heavy atom. The zero-order valence-electron chi connectivity index (χ0n) is 11.8. The number of hydrogen-bond acceptors (Lipinski definition) is 2. The highest BCUT2D eigenvalue weighted by molar-refractivity contribution is 5.49. The fourth-order valence-corrected chi connectivity index (χ4v) is 2.36. The number of rotatable bonds is 4. The highest BCUT2D eigenvalue weighted by atomic mass is 16.3. The maximum Gasteiger partial charge on any atom is 0.0830 e. The Morgan fingerprint density at radius 2 is 1.74 bits per heavy atom. The van der Waals surface area contributed by atoms with Gasteiger partial charge in [-0.1, -0.05) is 42.0 Å². The average Bonchev–Trinajstić information content (AvgIpc) is 2.42. The molecule has 2 heteroatoms. The summed E-state index contributed by atoms with van der Waals surface area (Å²) < 4.78 is 0. The van der Waals surface area contributed by atoms with Gasteiger partial charge in [-0.3, -0.25) is 0 Å². The van der Waals surface area contributed by atoms with Crippen molar-refractivity contribution in [3.63, 3.8) is 0 Å². The molecular weight excluding hydrogens is 234 g/mol. The van der Waals surface area contributed by atoms with Gasteiger partial charge in [-0.15, -0.1) is 0 Å². The molecule has 0 saturated heterocycles. The summed E-state index contributed by atoms with van der Waals surface area (Å²) >= 11 is 0. The van der Waals surface area contributed by atoms with Crippen LogP contribution in [-0.4, -0.2) is 11.7 Å². The summed E-state index contributed by atoms with van der Waals surface area (Å²) in [5, 5.41) is 13.3. The number of aliphatic hydroxyl groups excluding tert-OH is 1. The molecule has 0 saturated carbocycles. The standard InChI is InChI=1S/C17H21NO/c1-13-9-10-14(2)16(11-13)17(3,12-19)18-15-7-5-4-6-8-15/h4-11,18-19H,12H2,1-3H3. The zero-order valence-corrected chi connectivity index (χ0v) is 11.8. The van der Waals surface area contributed by atoms with Gasteiger partial charge in [0.05, 0.1) is 12.1 Å². The van der Waals surface area contributed by atoms with Crippen LogP contribution in [0.3, 0.4) is 0 Å². The summed E-state index contributed by atoms with van der Waals surface area (Å²) in [7, 11) is 0. The molecule has 1 atom stereocenters. The van der Waals surface area contributed by atoms with Crippen LogP contribution >= 0.6 is 0 Å². The smallest absolute Gasteiger partial charge is 0.0830 e. The molecule has 2 rings (SSSR count). The predicted octanol–water partition coefficient (Wildman–Crippen LogP) is 3.62. The molecule has 0 spiro atoms. The van der Waals surface area contributed by atoms with E-state index in [0.717, 1.165) is 11.3 Å². The summed E-state index contributed by atoms with van der Waals surface area (Å²) in [6, 6.07) is 16.3. The van der Waals surface area contributed by atoms with Gasteiger partial charge in [0.2, 0.25) is 0 Å². The average molecular weight is 255 g/mol. The van der Waals surface area contributed by atoms with Gasteiger partial charge in [0.25, 0.3) is 0 Å². The SMILES string of the molecule is Cc1ccc(C)c(C(C)(CO)Nc2ccccc2)c1. The van der Waals surface area contributed by atoms with Crippen molar-refractivity contribution in [2.75, 3.05) is 11.9 Å². The second-order valence-corrected chi connectivity index (χ2v) is 5.30. The maximum absolute atomic E-state index is 9.85. The lowest BCUT2D eigenvalue weighted by atomic mass is 9.87. The van der Waals surface area contributed by atoms with Gasteiger partial charge in [0.1, 0.15) is 0 Å². The third-order valence-corrected chi connectivity index (χ3v) is 3.50. The Hall–Kier alpha value is -1.80. The summed E-state index contributed by atoms with van der Waals surface area (Å²) in [5.41, 5.74) is 4.07. The van der Waals surface area contributed by atoms with Crippen molar-refractivity contribution >= 4 is 5.69 Å². The van der Waals surface area contributed by atoms with Crippen molar-refractivity contribution in [3.05, 3.63) is 65.2 Å². The van der Waals surface area contributed by atoms with E-state index < -0.39 is 5.54 Å². The number of aliphatic hydroxyl groups is 1. The van der Waals surface area contributed by atoms with Crippen molar-refractivity contribution in [1.82, 2.24) is 0 Å². The Labute approximate surface area is 115 Å². The highest BCUT2D eigenvalue weighted by Crippen LogP contribution is 2.29. The number of para-hydroxylation sites is 1. The molecule has 0 aliphatic heterocycles. The largest absolute Gasteiger partial charge is 0.394 e. The molecule has 1 unspecified atom stereocenters. The van der Waals surface area contributed by atoms with E-state index in [-0.39, 0.29) is 6.61 Å². The van der Waals surface area contributed by atoms with Crippen LogP contribution in [0.4, 0.5) is 5.69 Å². The summed E-state index contributed by atoms with van der Waals surface area (Å²) in [4.78, 5) is 0. The molecule has 0 radical (unpaired) electrons. The van der Waals surface area contributed by atoms with Crippen molar-refractivity contribution in [2.24, 2.45) is 0 Å². The number of nitrogens with one attached hydrogen (secondary N) is 1. The molecule has 0 aromatic heterocycles. The summed E-state index contributed by atoms with van der Waals surface area (Å²) in [6.07, 6.45) is 0. The van der Waals surface area contributed by atoms with E-state index in [2.05, 4.69) is 37.4 Å². The lowest BCUT2D eigenvalue weighted by molar-refractivity contribution is 0.223. The third-order valence-electron chi connectivity index (χ3n) is 3.50. The van der Waals surface area contributed by atoms with E-state index >= 15 is 0 Å². The van der Waals surface area contributed by atoms with Crippen LogP contribution in [0, 0.1) is 13.8 Å².